The van der Waals surface area contributed by atoms with E-state index in [2.05, 4.69) is 30.0 Å². The van der Waals surface area contributed by atoms with Crippen molar-refractivity contribution in [2.75, 3.05) is 13.1 Å². The Bertz CT molecular complexity index is 387. The summed E-state index contributed by atoms with van der Waals surface area (Å²) in [5, 5.41) is 4.30. The molecule has 2 N–H and O–H groups in total. The number of rotatable bonds is 5. The van der Waals surface area contributed by atoms with Gasteiger partial charge in [-0.15, -0.1) is 0 Å². The summed E-state index contributed by atoms with van der Waals surface area (Å²) in [4.78, 5) is 2.62. The normalized spacial score (nSPS) is 25.7. The van der Waals surface area contributed by atoms with Crippen LogP contribution in [0, 0.1) is 5.92 Å². The third-order valence-corrected chi connectivity index (χ3v) is 4.67. The largest absolute Gasteiger partial charge is 0.330 e. The van der Waals surface area contributed by atoms with E-state index in [1.165, 1.54) is 31.2 Å². The highest BCUT2D eigenvalue weighted by atomic mass is 15.3. The molecule has 0 bridgehead atoms. The predicted molar refractivity (Wildman–Crippen MR) is 78.8 cm³/mol. The summed E-state index contributed by atoms with van der Waals surface area (Å²) in [6.45, 7) is 6.45. The van der Waals surface area contributed by atoms with Crippen LogP contribution in [0.5, 0.6) is 0 Å². The molecule has 0 amide bonds. The molecule has 1 saturated carbocycles. The van der Waals surface area contributed by atoms with Crippen LogP contribution in [0.3, 0.4) is 0 Å². The van der Waals surface area contributed by atoms with Crippen molar-refractivity contribution in [2.45, 2.75) is 51.6 Å². The summed E-state index contributed by atoms with van der Waals surface area (Å²) in [6.07, 6.45) is 9.40. The molecule has 108 valence electrons. The van der Waals surface area contributed by atoms with E-state index in [9.17, 15) is 0 Å². The fourth-order valence-corrected chi connectivity index (χ4v) is 3.54. The molecule has 0 aromatic carbocycles. The molecule has 3 unspecified atom stereocenters. The topological polar surface area (TPSA) is 47.1 Å². The lowest BCUT2D eigenvalue weighted by atomic mass is 9.82. The van der Waals surface area contributed by atoms with Crippen molar-refractivity contribution in [1.82, 2.24) is 14.7 Å². The molecule has 3 atom stereocenters. The maximum Gasteiger partial charge on any atom is 0.0537 e. The molecule has 1 aliphatic carbocycles. The van der Waals surface area contributed by atoms with E-state index in [1.54, 1.807) is 0 Å². The standard InChI is InChI=1S/C15H28N4/c1-4-19(12(2)14-10-17-18(3)11-14)15-8-6-5-7-13(15)9-16/h10-13,15H,4-9,16H2,1-3H3. The molecule has 2 rings (SSSR count). The maximum atomic E-state index is 5.99. The molecule has 0 aliphatic heterocycles. The molecular formula is C15H28N4. The van der Waals surface area contributed by atoms with Crippen molar-refractivity contribution in [2.24, 2.45) is 18.7 Å². The number of aromatic nitrogens is 2. The summed E-state index contributed by atoms with van der Waals surface area (Å²) in [7, 11) is 1.98. The molecule has 1 aromatic heterocycles. The smallest absolute Gasteiger partial charge is 0.0537 e. The highest BCUT2D eigenvalue weighted by Crippen LogP contribution is 2.32. The Morgan fingerprint density at radius 1 is 1.47 bits per heavy atom. The number of aryl methyl sites for hydroxylation is 1. The van der Waals surface area contributed by atoms with Crippen molar-refractivity contribution in [3.63, 3.8) is 0 Å². The van der Waals surface area contributed by atoms with Gasteiger partial charge in [-0.05, 0) is 38.8 Å². The van der Waals surface area contributed by atoms with Gasteiger partial charge in [0, 0.05) is 30.9 Å². The Morgan fingerprint density at radius 3 is 2.79 bits per heavy atom. The van der Waals surface area contributed by atoms with Crippen LogP contribution in [-0.4, -0.2) is 33.8 Å². The minimum absolute atomic E-state index is 0.427. The van der Waals surface area contributed by atoms with Crippen LogP contribution in [0.2, 0.25) is 0 Å². The Kier molecular flexibility index (Phi) is 4.99. The fraction of sp³-hybridized carbons (Fsp3) is 0.800. The molecule has 4 nitrogen and oxygen atoms in total. The van der Waals surface area contributed by atoms with E-state index >= 15 is 0 Å². The van der Waals surface area contributed by atoms with Crippen molar-refractivity contribution < 1.29 is 0 Å². The average Bonchev–Trinajstić information content (AvgIpc) is 2.86. The summed E-state index contributed by atoms with van der Waals surface area (Å²) < 4.78 is 1.89. The molecule has 0 saturated heterocycles. The molecule has 0 spiro atoms. The highest BCUT2D eigenvalue weighted by molar-refractivity contribution is 5.10. The Labute approximate surface area is 117 Å². The van der Waals surface area contributed by atoms with Gasteiger partial charge in [0.2, 0.25) is 0 Å². The third kappa shape index (κ3) is 3.18. The molecule has 19 heavy (non-hydrogen) atoms. The van der Waals surface area contributed by atoms with Gasteiger partial charge < -0.3 is 5.73 Å². The zero-order valence-corrected chi connectivity index (χ0v) is 12.5. The van der Waals surface area contributed by atoms with Crippen LogP contribution >= 0.6 is 0 Å². The van der Waals surface area contributed by atoms with Crippen LogP contribution in [0.4, 0.5) is 0 Å². The van der Waals surface area contributed by atoms with E-state index in [-0.39, 0.29) is 0 Å². The summed E-state index contributed by atoms with van der Waals surface area (Å²) in [5.41, 5.74) is 7.30. The average molecular weight is 264 g/mol. The zero-order chi connectivity index (χ0) is 13.8. The number of nitrogens with zero attached hydrogens (tertiary/aromatic N) is 3. The number of hydrogen-bond acceptors (Lipinski definition) is 3. The van der Waals surface area contributed by atoms with E-state index in [0.717, 1.165) is 13.1 Å². The molecule has 1 aromatic rings. The first-order valence-corrected chi connectivity index (χ1v) is 7.61. The lowest BCUT2D eigenvalue weighted by molar-refractivity contribution is 0.0769. The molecule has 1 heterocycles. The first-order valence-electron chi connectivity index (χ1n) is 7.61. The lowest BCUT2D eigenvalue weighted by Crippen LogP contribution is -2.46. The van der Waals surface area contributed by atoms with Crippen molar-refractivity contribution in [3.05, 3.63) is 18.0 Å². The maximum absolute atomic E-state index is 5.99. The van der Waals surface area contributed by atoms with Crippen LogP contribution in [0.25, 0.3) is 0 Å². The molecule has 0 radical (unpaired) electrons. The molecule has 1 fully saturated rings. The van der Waals surface area contributed by atoms with Crippen LogP contribution in [-0.2, 0) is 7.05 Å². The number of hydrogen-bond donors (Lipinski definition) is 1. The minimum atomic E-state index is 0.427. The zero-order valence-electron chi connectivity index (χ0n) is 12.5. The van der Waals surface area contributed by atoms with Crippen molar-refractivity contribution >= 4 is 0 Å². The second-order valence-corrected chi connectivity index (χ2v) is 5.80. The predicted octanol–water partition coefficient (Wildman–Crippen LogP) is 2.32. The van der Waals surface area contributed by atoms with E-state index in [1.807, 2.05) is 17.9 Å². The van der Waals surface area contributed by atoms with E-state index in [0.29, 0.717) is 18.0 Å². The summed E-state index contributed by atoms with van der Waals surface area (Å²) >= 11 is 0. The van der Waals surface area contributed by atoms with Crippen molar-refractivity contribution in [3.8, 4) is 0 Å². The van der Waals surface area contributed by atoms with Gasteiger partial charge >= 0.3 is 0 Å². The first kappa shape index (κ1) is 14.5. The van der Waals surface area contributed by atoms with E-state index in [4.69, 9.17) is 5.73 Å². The van der Waals surface area contributed by atoms with Gasteiger partial charge in [0.25, 0.3) is 0 Å². The highest BCUT2D eigenvalue weighted by Gasteiger charge is 2.31. The third-order valence-electron chi connectivity index (χ3n) is 4.67. The molecule has 4 heteroatoms. The SMILES string of the molecule is CCN(C(C)c1cnn(C)c1)C1CCCCC1CN. The lowest BCUT2D eigenvalue weighted by Gasteiger charge is -2.42. The van der Waals surface area contributed by atoms with Gasteiger partial charge in [-0.2, -0.15) is 5.10 Å². The van der Waals surface area contributed by atoms with Crippen molar-refractivity contribution in [1.29, 1.82) is 0 Å². The number of nitrogens with two attached hydrogens (primary N) is 1. The van der Waals surface area contributed by atoms with Crippen LogP contribution in [0.15, 0.2) is 12.4 Å². The quantitative estimate of drug-likeness (QED) is 0.888. The molecule has 1 aliphatic rings. The second kappa shape index (κ2) is 6.53. The van der Waals surface area contributed by atoms with Gasteiger partial charge in [0.15, 0.2) is 0 Å². The van der Waals surface area contributed by atoms with Gasteiger partial charge in [0.05, 0.1) is 6.20 Å². The molecular weight excluding hydrogens is 236 g/mol. The van der Waals surface area contributed by atoms with Gasteiger partial charge in [-0.25, -0.2) is 0 Å². The monoisotopic (exact) mass is 264 g/mol. The second-order valence-electron chi connectivity index (χ2n) is 5.80. The van der Waals surface area contributed by atoms with Gasteiger partial charge in [-0.1, -0.05) is 19.8 Å². The fourth-order valence-electron chi connectivity index (χ4n) is 3.54. The Balaban J connectivity index is 2.13. The summed E-state index contributed by atoms with van der Waals surface area (Å²) in [6, 6.07) is 1.06. The Morgan fingerprint density at radius 2 is 2.21 bits per heavy atom. The minimum Gasteiger partial charge on any atom is -0.330 e. The summed E-state index contributed by atoms with van der Waals surface area (Å²) in [5.74, 6) is 0.660. The Hall–Kier alpha value is -0.870. The van der Waals surface area contributed by atoms with Gasteiger partial charge in [-0.3, -0.25) is 9.58 Å². The van der Waals surface area contributed by atoms with Crippen LogP contribution in [0.1, 0.15) is 51.1 Å². The van der Waals surface area contributed by atoms with Gasteiger partial charge in [0.1, 0.15) is 0 Å². The first-order chi connectivity index (χ1) is 9.17. The van der Waals surface area contributed by atoms with E-state index < -0.39 is 0 Å². The van der Waals surface area contributed by atoms with Crippen LogP contribution < -0.4 is 5.73 Å².